The van der Waals surface area contributed by atoms with E-state index in [2.05, 4.69) is 33.2 Å². The summed E-state index contributed by atoms with van der Waals surface area (Å²) < 4.78 is 28.1. The Morgan fingerprint density at radius 2 is 2.05 bits per heavy atom. The van der Waals surface area contributed by atoms with Crippen LogP contribution >= 0.6 is 15.9 Å². The first kappa shape index (κ1) is 16.7. The van der Waals surface area contributed by atoms with Crippen molar-refractivity contribution < 1.29 is 8.42 Å². The number of pyridine rings is 1. The van der Waals surface area contributed by atoms with E-state index in [9.17, 15) is 8.42 Å². The van der Waals surface area contributed by atoms with Crippen molar-refractivity contribution in [2.45, 2.75) is 43.5 Å². The number of hydrogen-bond acceptors (Lipinski definition) is 4. The number of hydrogen-bond donors (Lipinski definition) is 1. The molecule has 1 aromatic rings. The van der Waals surface area contributed by atoms with Crippen LogP contribution in [0.15, 0.2) is 21.6 Å². The normalized spacial score (nSPS) is 23.3. The van der Waals surface area contributed by atoms with Gasteiger partial charge in [-0.05, 0) is 40.8 Å². The molecule has 21 heavy (non-hydrogen) atoms. The van der Waals surface area contributed by atoms with Crippen LogP contribution in [0.1, 0.15) is 32.6 Å². The fourth-order valence-corrected chi connectivity index (χ4v) is 5.11. The lowest BCUT2D eigenvalue weighted by Gasteiger charge is -2.35. The van der Waals surface area contributed by atoms with Gasteiger partial charge in [-0.25, -0.2) is 13.4 Å². The number of sulfonamides is 1. The predicted molar refractivity (Wildman–Crippen MR) is 87.9 cm³/mol. The summed E-state index contributed by atoms with van der Waals surface area (Å²) in [6, 6.07) is 1.67. The molecule has 1 aliphatic carbocycles. The van der Waals surface area contributed by atoms with E-state index in [1.165, 1.54) is 10.7 Å². The fourth-order valence-electron chi connectivity index (χ4n) is 2.98. The summed E-state index contributed by atoms with van der Waals surface area (Å²) in [5, 5.41) is 2.86. The van der Waals surface area contributed by atoms with E-state index in [0.717, 1.165) is 19.3 Å². The van der Waals surface area contributed by atoms with E-state index in [4.69, 9.17) is 0 Å². The first-order valence-corrected chi connectivity index (χ1v) is 9.42. The Morgan fingerprint density at radius 3 is 2.67 bits per heavy atom. The number of nitrogens with zero attached hydrogens (tertiary/aromatic N) is 2. The van der Waals surface area contributed by atoms with Gasteiger partial charge in [0.05, 0.1) is 0 Å². The van der Waals surface area contributed by atoms with Gasteiger partial charge in [0.15, 0.2) is 0 Å². The molecule has 7 heteroatoms. The summed E-state index contributed by atoms with van der Waals surface area (Å²) in [5.41, 5.74) is 0. The van der Waals surface area contributed by atoms with Crippen molar-refractivity contribution in [1.29, 1.82) is 0 Å². The second-order valence-electron chi connectivity index (χ2n) is 5.60. The number of aromatic nitrogens is 1. The molecule has 118 valence electrons. The SMILES string of the molecule is CNc1ncc(Br)cc1S(=O)(=O)N(C)C1CCCCC1C. The molecule has 0 amide bonds. The molecule has 0 radical (unpaired) electrons. The summed E-state index contributed by atoms with van der Waals surface area (Å²) in [7, 11) is -0.197. The van der Waals surface area contributed by atoms with Crippen LogP contribution in [0, 0.1) is 5.92 Å². The van der Waals surface area contributed by atoms with Gasteiger partial charge in [0, 0.05) is 30.8 Å². The molecular weight excluding hydrogens is 354 g/mol. The van der Waals surface area contributed by atoms with Gasteiger partial charge in [-0.1, -0.05) is 19.8 Å². The zero-order valence-corrected chi connectivity index (χ0v) is 15.0. The average molecular weight is 376 g/mol. The molecule has 0 saturated heterocycles. The highest BCUT2D eigenvalue weighted by Crippen LogP contribution is 2.32. The van der Waals surface area contributed by atoms with Crippen LogP contribution in [0.5, 0.6) is 0 Å². The van der Waals surface area contributed by atoms with Crippen LogP contribution in [0.2, 0.25) is 0 Å². The van der Waals surface area contributed by atoms with Crippen molar-refractivity contribution >= 4 is 31.8 Å². The van der Waals surface area contributed by atoms with E-state index in [1.807, 2.05) is 0 Å². The molecule has 1 N–H and O–H groups in total. The molecule has 0 spiro atoms. The van der Waals surface area contributed by atoms with Crippen molar-refractivity contribution in [2.75, 3.05) is 19.4 Å². The third kappa shape index (κ3) is 3.40. The zero-order valence-electron chi connectivity index (χ0n) is 12.6. The van der Waals surface area contributed by atoms with Gasteiger partial charge < -0.3 is 5.32 Å². The Labute approximate surface area is 135 Å². The molecule has 0 aliphatic heterocycles. The third-order valence-corrected chi connectivity index (χ3v) is 6.58. The molecule has 2 unspecified atom stereocenters. The highest BCUT2D eigenvalue weighted by molar-refractivity contribution is 9.10. The average Bonchev–Trinajstić information content (AvgIpc) is 2.47. The molecule has 5 nitrogen and oxygen atoms in total. The summed E-state index contributed by atoms with van der Waals surface area (Å²) in [5.74, 6) is 0.769. The molecule has 1 saturated carbocycles. The first-order valence-electron chi connectivity index (χ1n) is 7.19. The first-order chi connectivity index (χ1) is 9.87. The fraction of sp³-hybridized carbons (Fsp3) is 0.643. The third-order valence-electron chi connectivity index (χ3n) is 4.25. The number of anilines is 1. The second-order valence-corrected chi connectivity index (χ2v) is 8.48. The summed E-state index contributed by atoms with van der Waals surface area (Å²) in [4.78, 5) is 4.37. The molecule has 2 atom stereocenters. The minimum atomic E-state index is -3.56. The standard InChI is InChI=1S/C14H22BrN3O2S/c1-10-6-4-5-7-12(10)18(3)21(19,20)13-8-11(15)9-17-14(13)16-2/h8-10,12H,4-7H2,1-3H3,(H,16,17). The molecule has 2 rings (SSSR count). The van der Waals surface area contributed by atoms with Gasteiger partial charge in [0.25, 0.3) is 0 Å². The van der Waals surface area contributed by atoms with Crippen LogP contribution in [0.25, 0.3) is 0 Å². The predicted octanol–water partition coefficient (Wildman–Crippen LogP) is 3.09. The monoisotopic (exact) mass is 375 g/mol. The minimum Gasteiger partial charge on any atom is -0.372 e. The number of nitrogens with one attached hydrogen (secondary N) is 1. The van der Waals surface area contributed by atoms with Gasteiger partial charge in [-0.15, -0.1) is 0 Å². The van der Waals surface area contributed by atoms with Crippen LogP contribution in [-0.2, 0) is 10.0 Å². The Kier molecular flexibility index (Phi) is 5.27. The van der Waals surface area contributed by atoms with Crippen molar-refractivity contribution in [1.82, 2.24) is 9.29 Å². The quantitative estimate of drug-likeness (QED) is 0.877. The van der Waals surface area contributed by atoms with Crippen LogP contribution < -0.4 is 5.32 Å². The smallest absolute Gasteiger partial charge is 0.246 e. The molecule has 0 bridgehead atoms. The van der Waals surface area contributed by atoms with Gasteiger partial charge in [-0.2, -0.15) is 4.31 Å². The lowest BCUT2D eigenvalue weighted by atomic mass is 9.86. The molecule has 1 aliphatic rings. The van der Waals surface area contributed by atoms with E-state index >= 15 is 0 Å². The summed E-state index contributed by atoms with van der Waals surface area (Å²) >= 11 is 3.30. The lowest BCUT2D eigenvalue weighted by Crippen LogP contribution is -2.42. The van der Waals surface area contributed by atoms with Crippen LogP contribution in [-0.4, -0.2) is 37.8 Å². The van der Waals surface area contributed by atoms with Crippen LogP contribution in [0.4, 0.5) is 5.82 Å². The van der Waals surface area contributed by atoms with Crippen molar-refractivity contribution in [3.05, 3.63) is 16.7 Å². The van der Waals surface area contributed by atoms with Crippen molar-refractivity contribution in [3.63, 3.8) is 0 Å². The second kappa shape index (κ2) is 6.62. The summed E-state index contributed by atoms with van der Waals surface area (Å²) in [6.45, 7) is 2.13. The van der Waals surface area contributed by atoms with E-state index in [-0.39, 0.29) is 10.9 Å². The highest BCUT2D eigenvalue weighted by Gasteiger charge is 2.34. The Hall–Kier alpha value is -0.660. The minimum absolute atomic E-state index is 0.0624. The number of halogens is 1. The van der Waals surface area contributed by atoms with Gasteiger partial charge in [-0.3, -0.25) is 0 Å². The molecule has 0 aromatic carbocycles. The maximum Gasteiger partial charge on any atom is 0.246 e. The maximum absolute atomic E-state index is 12.9. The van der Waals surface area contributed by atoms with Crippen molar-refractivity contribution in [3.8, 4) is 0 Å². The molecule has 1 aromatic heterocycles. The number of rotatable bonds is 4. The van der Waals surface area contributed by atoms with Gasteiger partial charge in [0.2, 0.25) is 10.0 Å². The Balaban J connectivity index is 2.39. The maximum atomic E-state index is 12.9. The zero-order chi connectivity index (χ0) is 15.6. The van der Waals surface area contributed by atoms with Crippen LogP contribution in [0.3, 0.4) is 0 Å². The van der Waals surface area contributed by atoms with E-state index in [0.29, 0.717) is 16.2 Å². The Morgan fingerprint density at radius 1 is 1.38 bits per heavy atom. The topological polar surface area (TPSA) is 62.3 Å². The van der Waals surface area contributed by atoms with Gasteiger partial charge in [0.1, 0.15) is 10.7 Å². The van der Waals surface area contributed by atoms with E-state index in [1.54, 1.807) is 26.4 Å². The van der Waals surface area contributed by atoms with Crippen molar-refractivity contribution in [2.24, 2.45) is 5.92 Å². The largest absolute Gasteiger partial charge is 0.372 e. The highest BCUT2D eigenvalue weighted by atomic mass is 79.9. The van der Waals surface area contributed by atoms with E-state index < -0.39 is 10.0 Å². The molecular formula is C14H22BrN3O2S. The lowest BCUT2D eigenvalue weighted by molar-refractivity contribution is 0.213. The molecule has 1 fully saturated rings. The summed E-state index contributed by atoms with van der Waals surface area (Å²) in [6.07, 6.45) is 5.87. The van der Waals surface area contributed by atoms with Gasteiger partial charge >= 0.3 is 0 Å². The Bertz CT molecular complexity index is 606. The molecule has 1 heterocycles.